The van der Waals surface area contributed by atoms with E-state index in [2.05, 4.69) is 23.9 Å². The van der Waals surface area contributed by atoms with Gasteiger partial charge in [-0.2, -0.15) is 0 Å². The fraction of sp³-hybridized carbons (Fsp3) is 0.381. The van der Waals surface area contributed by atoms with Crippen LogP contribution in [0.25, 0.3) is 0 Å². The van der Waals surface area contributed by atoms with Crippen molar-refractivity contribution < 1.29 is 9.57 Å². The van der Waals surface area contributed by atoms with Crippen molar-refractivity contribution in [3.63, 3.8) is 0 Å². The predicted octanol–water partition coefficient (Wildman–Crippen LogP) is 5.41. The van der Waals surface area contributed by atoms with Gasteiger partial charge in [0.2, 0.25) is 0 Å². The first-order valence-corrected chi connectivity index (χ1v) is 9.87. The molecular formula is C21H24Cl2N2O2. The molecule has 0 spiro atoms. The lowest BCUT2D eigenvalue weighted by atomic mass is 10.2. The van der Waals surface area contributed by atoms with Crippen LogP contribution in [0, 0.1) is 0 Å². The van der Waals surface area contributed by atoms with Crippen LogP contribution in [0.15, 0.2) is 47.6 Å². The van der Waals surface area contributed by atoms with E-state index in [1.165, 1.54) is 0 Å². The predicted molar refractivity (Wildman–Crippen MR) is 111 cm³/mol. The van der Waals surface area contributed by atoms with Gasteiger partial charge in [-0.1, -0.05) is 46.6 Å². The first kappa shape index (κ1) is 20.0. The number of halogens is 2. The standard InChI is InChI=1S/C21H24Cl2N2O2/c1-15(2)25-10-9-18(13-25)27-24-12-17-5-3-4-6-21(17)26-14-16-7-8-19(22)20(23)11-16/h3-8,11-12,15,18H,9-10,13-14H2,1-2H3/b24-12+. The molecule has 1 fully saturated rings. The Morgan fingerprint density at radius 1 is 1.19 bits per heavy atom. The number of benzene rings is 2. The molecule has 27 heavy (non-hydrogen) atoms. The van der Waals surface area contributed by atoms with Crippen LogP contribution in [-0.4, -0.2) is 36.3 Å². The molecule has 0 aromatic heterocycles. The van der Waals surface area contributed by atoms with Crippen LogP contribution in [0.4, 0.5) is 0 Å². The van der Waals surface area contributed by atoms with Gasteiger partial charge < -0.3 is 9.57 Å². The Morgan fingerprint density at radius 3 is 2.74 bits per heavy atom. The molecule has 1 aliphatic rings. The van der Waals surface area contributed by atoms with Crippen LogP contribution >= 0.6 is 23.2 Å². The van der Waals surface area contributed by atoms with Gasteiger partial charge >= 0.3 is 0 Å². The maximum absolute atomic E-state index is 6.06. The third-order valence-electron chi connectivity index (χ3n) is 4.61. The van der Waals surface area contributed by atoms with Gasteiger partial charge in [0, 0.05) is 31.1 Å². The lowest BCUT2D eigenvalue weighted by Crippen LogP contribution is -2.29. The molecular weight excluding hydrogens is 383 g/mol. The van der Waals surface area contributed by atoms with Crippen molar-refractivity contribution in [2.24, 2.45) is 5.16 Å². The van der Waals surface area contributed by atoms with E-state index in [-0.39, 0.29) is 6.10 Å². The zero-order valence-electron chi connectivity index (χ0n) is 15.6. The van der Waals surface area contributed by atoms with Crippen molar-refractivity contribution in [1.82, 2.24) is 4.90 Å². The highest BCUT2D eigenvalue weighted by Crippen LogP contribution is 2.24. The number of ether oxygens (including phenoxy) is 1. The molecule has 2 aromatic rings. The maximum atomic E-state index is 6.06. The molecule has 6 heteroatoms. The summed E-state index contributed by atoms with van der Waals surface area (Å²) in [6.07, 6.45) is 2.86. The molecule has 1 heterocycles. The number of nitrogens with zero attached hydrogens (tertiary/aromatic N) is 2. The number of hydrogen-bond acceptors (Lipinski definition) is 4. The van der Waals surface area contributed by atoms with Gasteiger partial charge in [0.15, 0.2) is 0 Å². The van der Waals surface area contributed by atoms with Gasteiger partial charge in [-0.25, -0.2) is 0 Å². The average Bonchev–Trinajstić information content (AvgIpc) is 3.13. The molecule has 1 unspecified atom stereocenters. The lowest BCUT2D eigenvalue weighted by Gasteiger charge is -2.19. The monoisotopic (exact) mass is 406 g/mol. The van der Waals surface area contributed by atoms with Gasteiger partial charge in [0.1, 0.15) is 18.5 Å². The Balaban J connectivity index is 1.58. The fourth-order valence-electron chi connectivity index (χ4n) is 2.99. The quantitative estimate of drug-likeness (QED) is 0.455. The second-order valence-corrected chi connectivity index (χ2v) is 7.73. The molecule has 0 aliphatic carbocycles. The number of rotatable bonds is 7. The highest BCUT2D eigenvalue weighted by Gasteiger charge is 2.25. The summed E-state index contributed by atoms with van der Waals surface area (Å²) < 4.78 is 5.93. The van der Waals surface area contributed by atoms with Gasteiger partial charge in [-0.15, -0.1) is 0 Å². The molecule has 0 saturated carbocycles. The molecule has 1 saturated heterocycles. The maximum Gasteiger partial charge on any atom is 0.141 e. The molecule has 2 aromatic carbocycles. The summed E-state index contributed by atoms with van der Waals surface area (Å²) in [7, 11) is 0. The number of para-hydroxylation sites is 1. The van der Waals surface area contributed by atoms with Crippen molar-refractivity contribution in [3.8, 4) is 5.75 Å². The third kappa shape index (κ3) is 5.61. The minimum absolute atomic E-state index is 0.146. The third-order valence-corrected chi connectivity index (χ3v) is 5.34. The van der Waals surface area contributed by atoms with E-state index in [0.717, 1.165) is 36.4 Å². The zero-order chi connectivity index (χ0) is 19.2. The van der Waals surface area contributed by atoms with Crippen molar-refractivity contribution in [3.05, 3.63) is 63.6 Å². The van der Waals surface area contributed by atoms with Crippen LogP contribution in [0.3, 0.4) is 0 Å². The van der Waals surface area contributed by atoms with Crippen LogP contribution in [0.2, 0.25) is 10.0 Å². The van der Waals surface area contributed by atoms with E-state index in [1.54, 1.807) is 12.3 Å². The Kier molecular flexibility index (Phi) is 7.00. The minimum Gasteiger partial charge on any atom is -0.488 e. The summed E-state index contributed by atoms with van der Waals surface area (Å²) in [5.41, 5.74) is 1.82. The van der Waals surface area contributed by atoms with E-state index in [1.807, 2.05) is 36.4 Å². The molecule has 144 valence electrons. The van der Waals surface area contributed by atoms with Gasteiger partial charge in [-0.3, -0.25) is 4.90 Å². The Morgan fingerprint density at radius 2 is 2.00 bits per heavy atom. The molecule has 4 nitrogen and oxygen atoms in total. The minimum atomic E-state index is 0.146. The summed E-state index contributed by atoms with van der Waals surface area (Å²) in [6, 6.07) is 13.8. The SMILES string of the molecule is CC(C)N1CCC(O/N=C/c2ccccc2OCc2ccc(Cl)c(Cl)c2)C1. The molecule has 0 radical (unpaired) electrons. The summed E-state index contributed by atoms with van der Waals surface area (Å²) in [5.74, 6) is 0.742. The number of hydrogen-bond donors (Lipinski definition) is 0. The van der Waals surface area contributed by atoms with E-state index in [4.69, 9.17) is 32.8 Å². The smallest absolute Gasteiger partial charge is 0.141 e. The normalized spacial score (nSPS) is 17.7. The Bertz CT molecular complexity index is 796. The van der Waals surface area contributed by atoms with E-state index in [9.17, 15) is 0 Å². The second kappa shape index (κ2) is 9.45. The highest BCUT2D eigenvalue weighted by molar-refractivity contribution is 6.42. The molecule has 3 rings (SSSR count). The summed E-state index contributed by atoms with van der Waals surface area (Å²) in [4.78, 5) is 8.07. The van der Waals surface area contributed by atoms with Crippen LogP contribution in [-0.2, 0) is 11.4 Å². The molecule has 1 atom stereocenters. The summed E-state index contributed by atoms with van der Waals surface area (Å²) in [5, 5.41) is 5.25. The van der Waals surface area contributed by atoms with Crippen molar-refractivity contribution in [2.75, 3.05) is 13.1 Å². The fourth-order valence-corrected chi connectivity index (χ4v) is 3.31. The van der Waals surface area contributed by atoms with Gasteiger partial charge in [-0.05, 0) is 43.7 Å². The Labute approximate surface area is 170 Å². The van der Waals surface area contributed by atoms with Crippen LogP contribution in [0.1, 0.15) is 31.4 Å². The van der Waals surface area contributed by atoms with E-state index >= 15 is 0 Å². The van der Waals surface area contributed by atoms with Crippen LogP contribution in [0.5, 0.6) is 5.75 Å². The van der Waals surface area contributed by atoms with Crippen molar-refractivity contribution in [1.29, 1.82) is 0 Å². The molecule has 0 bridgehead atoms. The summed E-state index contributed by atoms with van der Waals surface area (Å²) >= 11 is 12.0. The molecule has 0 amide bonds. The number of likely N-dealkylation sites (tertiary alicyclic amines) is 1. The van der Waals surface area contributed by atoms with E-state index in [0.29, 0.717) is 22.7 Å². The highest BCUT2D eigenvalue weighted by atomic mass is 35.5. The largest absolute Gasteiger partial charge is 0.488 e. The molecule has 1 aliphatic heterocycles. The average molecular weight is 407 g/mol. The van der Waals surface area contributed by atoms with E-state index < -0.39 is 0 Å². The first-order valence-electron chi connectivity index (χ1n) is 9.12. The summed E-state index contributed by atoms with van der Waals surface area (Å²) in [6.45, 7) is 6.78. The van der Waals surface area contributed by atoms with Crippen molar-refractivity contribution >= 4 is 29.4 Å². The zero-order valence-corrected chi connectivity index (χ0v) is 17.1. The van der Waals surface area contributed by atoms with Gasteiger partial charge in [0.05, 0.1) is 16.3 Å². The second-order valence-electron chi connectivity index (χ2n) is 6.91. The van der Waals surface area contributed by atoms with Crippen LogP contribution < -0.4 is 4.74 Å². The lowest BCUT2D eigenvalue weighted by molar-refractivity contribution is 0.0634. The Hall–Kier alpha value is -1.75. The topological polar surface area (TPSA) is 34.1 Å². The van der Waals surface area contributed by atoms with Gasteiger partial charge in [0.25, 0.3) is 0 Å². The van der Waals surface area contributed by atoms with Crippen molar-refractivity contribution in [2.45, 2.75) is 39.0 Å². The first-order chi connectivity index (χ1) is 13.0. The molecule has 0 N–H and O–H groups in total. The number of oxime groups is 1.